The zero-order chi connectivity index (χ0) is 15.4. The van der Waals surface area contributed by atoms with Crippen LogP contribution >= 0.6 is 7.92 Å². The Morgan fingerprint density at radius 1 is 0.636 bits per heavy atom. The van der Waals surface area contributed by atoms with Crippen LogP contribution in [0.1, 0.15) is 89.9 Å². The minimum Gasteiger partial charge on any atom is -0.481 e. The van der Waals surface area contributed by atoms with E-state index in [2.05, 4.69) is 0 Å². The quantitative estimate of drug-likeness (QED) is 0.666. The van der Waals surface area contributed by atoms with E-state index >= 15 is 0 Å². The molecule has 126 valence electrons. The molecule has 3 rings (SSSR count). The molecule has 0 aliphatic heterocycles. The number of carbonyl (C=O) groups is 1. The second-order valence-electron chi connectivity index (χ2n) is 7.87. The van der Waals surface area contributed by atoms with Crippen LogP contribution in [0.15, 0.2) is 0 Å². The molecule has 0 heterocycles. The van der Waals surface area contributed by atoms with Crippen molar-refractivity contribution in [1.29, 1.82) is 0 Å². The van der Waals surface area contributed by atoms with E-state index in [0.29, 0.717) is 0 Å². The van der Waals surface area contributed by atoms with Gasteiger partial charge in [0.1, 0.15) is 0 Å². The summed E-state index contributed by atoms with van der Waals surface area (Å²) in [6.45, 7) is 0. The number of rotatable bonds is 4. The van der Waals surface area contributed by atoms with Gasteiger partial charge < -0.3 is 5.11 Å². The normalized spacial score (nSPS) is 32.2. The standard InChI is InChI=1S/C19H33O2P/c20-19(21)15-11-13-18(14-12-15)22(16-7-3-1-4-8-16)17-9-5-2-6-10-17/h15-18H,1-14H2,(H,20,21). The van der Waals surface area contributed by atoms with E-state index in [1.165, 1.54) is 77.0 Å². The van der Waals surface area contributed by atoms with Crippen LogP contribution in [-0.4, -0.2) is 28.1 Å². The molecule has 3 heteroatoms. The molecule has 0 aromatic carbocycles. The second-order valence-corrected chi connectivity index (χ2v) is 11.0. The number of carboxylic acids is 1. The minimum absolute atomic E-state index is 0.0363. The van der Waals surface area contributed by atoms with Gasteiger partial charge in [0.15, 0.2) is 0 Å². The molecule has 3 aliphatic rings. The molecule has 0 unspecified atom stereocenters. The van der Waals surface area contributed by atoms with E-state index in [4.69, 9.17) is 0 Å². The lowest BCUT2D eigenvalue weighted by Crippen LogP contribution is -2.31. The number of hydrogen-bond acceptors (Lipinski definition) is 1. The first kappa shape index (κ1) is 16.7. The summed E-state index contributed by atoms with van der Waals surface area (Å²) in [5.41, 5.74) is 2.95. The van der Waals surface area contributed by atoms with Crippen molar-refractivity contribution in [2.45, 2.75) is 107 Å². The Bertz CT molecular complexity index is 332. The predicted octanol–water partition coefficient (Wildman–Crippen LogP) is 5.78. The molecule has 0 bridgehead atoms. The Balaban J connectivity index is 1.66. The predicted molar refractivity (Wildman–Crippen MR) is 94.0 cm³/mol. The molecule has 0 spiro atoms. The molecule has 0 amide bonds. The van der Waals surface area contributed by atoms with Crippen LogP contribution in [0, 0.1) is 5.92 Å². The van der Waals surface area contributed by atoms with Gasteiger partial charge in [-0.1, -0.05) is 46.4 Å². The van der Waals surface area contributed by atoms with Gasteiger partial charge in [0, 0.05) is 0 Å². The van der Waals surface area contributed by atoms with Gasteiger partial charge in [0.2, 0.25) is 0 Å². The van der Waals surface area contributed by atoms with Crippen LogP contribution in [0.4, 0.5) is 0 Å². The van der Waals surface area contributed by atoms with Crippen molar-refractivity contribution < 1.29 is 9.90 Å². The first-order chi connectivity index (χ1) is 10.8. The van der Waals surface area contributed by atoms with Gasteiger partial charge in [-0.2, -0.15) is 0 Å². The van der Waals surface area contributed by atoms with Gasteiger partial charge in [-0.15, -0.1) is 0 Å². The SMILES string of the molecule is O=C(O)C1CCC(P(C2CCCCC2)C2CCCCC2)CC1. The Morgan fingerprint density at radius 3 is 1.45 bits per heavy atom. The molecule has 0 radical (unpaired) electrons. The largest absolute Gasteiger partial charge is 0.481 e. The van der Waals surface area contributed by atoms with E-state index in [0.717, 1.165) is 29.8 Å². The highest BCUT2D eigenvalue weighted by molar-refractivity contribution is 7.60. The van der Waals surface area contributed by atoms with Gasteiger partial charge in [-0.3, -0.25) is 4.79 Å². The number of hydrogen-bond donors (Lipinski definition) is 1. The van der Waals surface area contributed by atoms with Gasteiger partial charge in [0.25, 0.3) is 0 Å². The first-order valence-electron chi connectivity index (χ1n) is 9.76. The summed E-state index contributed by atoms with van der Waals surface area (Å²) < 4.78 is 0. The van der Waals surface area contributed by atoms with E-state index in [9.17, 15) is 9.90 Å². The van der Waals surface area contributed by atoms with Gasteiger partial charge in [-0.25, -0.2) is 0 Å². The lowest BCUT2D eigenvalue weighted by molar-refractivity contribution is -0.142. The van der Waals surface area contributed by atoms with Crippen molar-refractivity contribution in [2.75, 3.05) is 0 Å². The molecule has 22 heavy (non-hydrogen) atoms. The average Bonchev–Trinajstić information content (AvgIpc) is 2.57. The third-order valence-corrected chi connectivity index (χ3v) is 10.5. The molecule has 2 nitrogen and oxygen atoms in total. The molecule has 3 fully saturated rings. The summed E-state index contributed by atoms with van der Waals surface area (Å²) in [5, 5.41) is 9.27. The monoisotopic (exact) mass is 324 g/mol. The molecular weight excluding hydrogens is 291 g/mol. The van der Waals surface area contributed by atoms with Crippen LogP contribution in [0.25, 0.3) is 0 Å². The van der Waals surface area contributed by atoms with Gasteiger partial charge in [-0.05, 0) is 68.3 Å². The van der Waals surface area contributed by atoms with Crippen LogP contribution in [0.5, 0.6) is 0 Å². The van der Waals surface area contributed by atoms with Crippen LogP contribution in [0.2, 0.25) is 0 Å². The third-order valence-electron chi connectivity index (χ3n) is 6.46. The fourth-order valence-electron chi connectivity index (χ4n) is 5.27. The van der Waals surface area contributed by atoms with E-state index < -0.39 is 5.97 Å². The highest BCUT2D eigenvalue weighted by Crippen LogP contribution is 2.61. The smallest absolute Gasteiger partial charge is 0.306 e. The highest BCUT2D eigenvalue weighted by Gasteiger charge is 2.38. The zero-order valence-corrected chi connectivity index (χ0v) is 14.9. The second kappa shape index (κ2) is 8.13. The van der Waals surface area contributed by atoms with E-state index in [1.807, 2.05) is 0 Å². The third kappa shape index (κ3) is 4.05. The van der Waals surface area contributed by atoms with E-state index in [1.54, 1.807) is 0 Å². The molecule has 0 aromatic rings. The summed E-state index contributed by atoms with van der Waals surface area (Å²) in [6.07, 6.45) is 19.0. The molecule has 0 aromatic heterocycles. The minimum atomic E-state index is -0.543. The first-order valence-corrected chi connectivity index (χ1v) is 11.3. The van der Waals surface area contributed by atoms with Crippen LogP contribution in [-0.2, 0) is 4.79 Å². The lowest BCUT2D eigenvalue weighted by Gasteiger charge is -2.45. The van der Waals surface area contributed by atoms with E-state index in [-0.39, 0.29) is 13.8 Å². The maximum atomic E-state index is 11.2. The zero-order valence-electron chi connectivity index (χ0n) is 14.0. The molecule has 3 saturated carbocycles. The Kier molecular flexibility index (Phi) is 6.19. The van der Waals surface area contributed by atoms with Gasteiger partial charge >= 0.3 is 5.97 Å². The van der Waals surface area contributed by atoms with Crippen molar-refractivity contribution >= 4 is 13.9 Å². The summed E-state index contributed by atoms with van der Waals surface area (Å²) in [5.74, 6) is -0.580. The van der Waals surface area contributed by atoms with Crippen molar-refractivity contribution in [2.24, 2.45) is 5.92 Å². The maximum Gasteiger partial charge on any atom is 0.306 e. The van der Waals surface area contributed by atoms with Crippen molar-refractivity contribution in [3.05, 3.63) is 0 Å². The highest BCUT2D eigenvalue weighted by atomic mass is 31.1. The average molecular weight is 324 g/mol. The Hall–Kier alpha value is -0.100. The molecular formula is C19H33O2P. The van der Waals surface area contributed by atoms with Gasteiger partial charge in [0.05, 0.1) is 5.92 Å². The summed E-state index contributed by atoms with van der Waals surface area (Å²) in [4.78, 5) is 11.2. The number of carboxylic acid groups (broad SMARTS) is 1. The fraction of sp³-hybridized carbons (Fsp3) is 0.947. The number of aliphatic carboxylic acids is 1. The van der Waals surface area contributed by atoms with Crippen molar-refractivity contribution in [1.82, 2.24) is 0 Å². The summed E-state index contributed by atoms with van der Waals surface area (Å²) in [7, 11) is 0.154. The Morgan fingerprint density at radius 2 is 1.05 bits per heavy atom. The molecule has 3 aliphatic carbocycles. The van der Waals surface area contributed by atoms with Crippen molar-refractivity contribution in [3.63, 3.8) is 0 Å². The molecule has 1 N–H and O–H groups in total. The molecule has 0 saturated heterocycles. The van der Waals surface area contributed by atoms with Crippen molar-refractivity contribution in [3.8, 4) is 0 Å². The maximum absolute atomic E-state index is 11.2. The fourth-order valence-corrected chi connectivity index (χ4v) is 9.88. The summed E-state index contributed by atoms with van der Waals surface area (Å²) >= 11 is 0. The molecule has 0 atom stereocenters. The topological polar surface area (TPSA) is 37.3 Å². The lowest BCUT2D eigenvalue weighted by atomic mass is 9.89. The summed E-state index contributed by atoms with van der Waals surface area (Å²) in [6, 6.07) is 0. The Labute approximate surface area is 137 Å². The van der Waals surface area contributed by atoms with Crippen LogP contribution in [0.3, 0.4) is 0 Å². The van der Waals surface area contributed by atoms with Crippen LogP contribution < -0.4 is 0 Å².